The van der Waals surface area contributed by atoms with Crippen LogP contribution in [0.1, 0.15) is 43.4 Å². The van der Waals surface area contributed by atoms with E-state index in [1.165, 1.54) is 43.9 Å². The molecule has 0 aromatic carbocycles. The summed E-state index contributed by atoms with van der Waals surface area (Å²) < 4.78 is 2.22. The molecule has 0 radical (unpaired) electrons. The third-order valence-electron chi connectivity index (χ3n) is 4.81. The number of aryl methyl sites for hydroxylation is 1. The fourth-order valence-corrected chi connectivity index (χ4v) is 3.02. The van der Waals surface area contributed by atoms with Crippen LogP contribution < -0.4 is 0 Å². The molecule has 1 aromatic heterocycles. The average molecular weight is 278 g/mol. The van der Waals surface area contributed by atoms with Crippen molar-refractivity contribution in [2.24, 2.45) is 7.05 Å². The summed E-state index contributed by atoms with van der Waals surface area (Å²) in [4.78, 5) is 9.69. The minimum atomic E-state index is 0.713. The van der Waals surface area contributed by atoms with Gasteiger partial charge in [-0.2, -0.15) is 0 Å². The highest BCUT2D eigenvalue weighted by molar-refractivity contribution is 5.13. The van der Waals surface area contributed by atoms with E-state index in [-0.39, 0.29) is 0 Å². The van der Waals surface area contributed by atoms with Gasteiger partial charge in [-0.15, -0.1) is 0 Å². The second-order valence-corrected chi connectivity index (χ2v) is 6.38. The fraction of sp³-hybridized carbons (Fsp3) is 0.812. The molecule has 0 bridgehead atoms. The summed E-state index contributed by atoms with van der Waals surface area (Å²) in [5.74, 6) is 1.18. The molecule has 20 heavy (non-hydrogen) atoms. The van der Waals surface area contributed by atoms with Crippen molar-refractivity contribution in [3.8, 4) is 0 Å². The number of hydrogen-bond donors (Lipinski definition) is 0. The minimum absolute atomic E-state index is 0.713. The number of nitrogens with zero attached hydrogens (tertiary/aromatic N) is 4. The van der Waals surface area contributed by atoms with Crippen molar-refractivity contribution in [2.45, 2.75) is 52.6 Å². The lowest BCUT2D eigenvalue weighted by Crippen LogP contribution is -2.33. The largest absolute Gasteiger partial charge is 0.334 e. The van der Waals surface area contributed by atoms with Gasteiger partial charge in [0.1, 0.15) is 5.82 Å². The third-order valence-corrected chi connectivity index (χ3v) is 4.81. The van der Waals surface area contributed by atoms with Crippen LogP contribution in [0.3, 0.4) is 0 Å². The Kier molecular flexibility index (Phi) is 5.22. The van der Waals surface area contributed by atoms with Crippen LogP contribution in [0.4, 0.5) is 0 Å². The zero-order valence-electron chi connectivity index (χ0n) is 13.8. The maximum absolute atomic E-state index is 4.67. The number of rotatable bonds is 6. The molecule has 4 nitrogen and oxygen atoms in total. The van der Waals surface area contributed by atoms with Crippen LogP contribution in [-0.4, -0.2) is 52.1 Å². The Balaban J connectivity index is 1.80. The molecule has 0 aliphatic carbocycles. The third kappa shape index (κ3) is 3.61. The van der Waals surface area contributed by atoms with Crippen molar-refractivity contribution < 1.29 is 0 Å². The topological polar surface area (TPSA) is 24.3 Å². The molecule has 4 heteroatoms. The number of likely N-dealkylation sites (tertiary alicyclic amines) is 1. The summed E-state index contributed by atoms with van der Waals surface area (Å²) in [6.45, 7) is 11.3. The van der Waals surface area contributed by atoms with Gasteiger partial charge in [-0.1, -0.05) is 0 Å². The van der Waals surface area contributed by atoms with E-state index in [0.29, 0.717) is 6.04 Å². The Morgan fingerprint density at radius 1 is 1.25 bits per heavy atom. The molecule has 1 saturated heterocycles. The first kappa shape index (κ1) is 15.5. The molecule has 2 rings (SSSR count). The van der Waals surface area contributed by atoms with Crippen molar-refractivity contribution in [3.05, 3.63) is 17.2 Å². The summed E-state index contributed by atoms with van der Waals surface area (Å²) in [5, 5.41) is 0. The van der Waals surface area contributed by atoms with E-state index < -0.39 is 0 Å². The fourth-order valence-electron chi connectivity index (χ4n) is 3.02. The summed E-state index contributed by atoms with van der Waals surface area (Å²) in [7, 11) is 4.32. The molecule has 0 N–H and O–H groups in total. The SMILES string of the molecule is Cc1nc(CN(C)CCC(C)N2CCCC2)n(C)c1C. The predicted octanol–water partition coefficient (Wildman–Crippen LogP) is 2.34. The van der Waals surface area contributed by atoms with Crippen LogP contribution in [0.5, 0.6) is 0 Å². The maximum atomic E-state index is 4.67. The van der Waals surface area contributed by atoms with E-state index in [2.05, 4.69) is 54.2 Å². The number of imidazole rings is 1. The van der Waals surface area contributed by atoms with Gasteiger partial charge >= 0.3 is 0 Å². The summed E-state index contributed by atoms with van der Waals surface area (Å²) in [5.41, 5.74) is 2.43. The molecule has 1 fully saturated rings. The second kappa shape index (κ2) is 6.72. The predicted molar refractivity (Wildman–Crippen MR) is 83.9 cm³/mol. The zero-order chi connectivity index (χ0) is 14.7. The van der Waals surface area contributed by atoms with E-state index in [1.807, 2.05) is 0 Å². The molecule has 2 heterocycles. The Hall–Kier alpha value is -0.870. The smallest absolute Gasteiger partial charge is 0.123 e. The second-order valence-electron chi connectivity index (χ2n) is 6.38. The molecule has 1 aliphatic heterocycles. The minimum Gasteiger partial charge on any atom is -0.334 e. The molecule has 114 valence electrons. The van der Waals surface area contributed by atoms with Crippen LogP contribution in [0.2, 0.25) is 0 Å². The maximum Gasteiger partial charge on any atom is 0.123 e. The first-order valence-electron chi connectivity index (χ1n) is 7.90. The van der Waals surface area contributed by atoms with E-state index in [1.54, 1.807) is 0 Å². The van der Waals surface area contributed by atoms with Gasteiger partial charge in [0.2, 0.25) is 0 Å². The number of aromatic nitrogens is 2. The molecule has 1 unspecified atom stereocenters. The van der Waals surface area contributed by atoms with Gasteiger partial charge in [-0.05, 0) is 66.7 Å². The van der Waals surface area contributed by atoms with Gasteiger partial charge < -0.3 is 9.47 Å². The van der Waals surface area contributed by atoms with Crippen LogP contribution >= 0.6 is 0 Å². The van der Waals surface area contributed by atoms with Crippen LogP contribution in [-0.2, 0) is 13.6 Å². The van der Waals surface area contributed by atoms with Gasteiger partial charge in [0.25, 0.3) is 0 Å². The van der Waals surface area contributed by atoms with Crippen molar-refractivity contribution in [3.63, 3.8) is 0 Å². The lowest BCUT2D eigenvalue weighted by molar-refractivity contribution is 0.213. The zero-order valence-corrected chi connectivity index (χ0v) is 13.8. The first-order chi connectivity index (χ1) is 9.49. The highest BCUT2D eigenvalue weighted by atomic mass is 15.2. The van der Waals surface area contributed by atoms with Gasteiger partial charge in [0.05, 0.1) is 12.2 Å². The van der Waals surface area contributed by atoms with Crippen LogP contribution in [0.15, 0.2) is 0 Å². The molecule has 0 saturated carbocycles. The Morgan fingerprint density at radius 2 is 1.90 bits per heavy atom. The normalized spacial score (nSPS) is 18.1. The molecule has 1 aliphatic rings. The molecule has 0 amide bonds. The molecular weight excluding hydrogens is 248 g/mol. The quantitative estimate of drug-likeness (QED) is 0.798. The standard InChI is InChI=1S/C16H30N4/c1-13(20-9-6-7-10-20)8-11-18(4)12-16-17-14(2)15(3)19(16)5/h13H,6-12H2,1-5H3. The van der Waals surface area contributed by atoms with Crippen LogP contribution in [0.25, 0.3) is 0 Å². The van der Waals surface area contributed by atoms with E-state index in [4.69, 9.17) is 0 Å². The summed E-state index contributed by atoms with van der Waals surface area (Å²) in [6.07, 6.45) is 4.01. The van der Waals surface area contributed by atoms with Crippen LogP contribution in [0, 0.1) is 13.8 Å². The summed E-state index contributed by atoms with van der Waals surface area (Å²) in [6, 6.07) is 0.713. The lowest BCUT2D eigenvalue weighted by atomic mass is 10.2. The molecular formula is C16H30N4. The van der Waals surface area contributed by atoms with Crippen molar-refractivity contribution in [1.29, 1.82) is 0 Å². The van der Waals surface area contributed by atoms with Gasteiger partial charge in [0.15, 0.2) is 0 Å². The number of hydrogen-bond acceptors (Lipinski definition) is 3. The lowest BCUT2D eigenvalue weighted by Gasteiger charge is -2.26. The van der Waals surface area contributed by atoms with Gasteiger partial charge in [0, 0.05) is 18.8 Å². The highest BCUT2D eigenvalue weighted by Crippen LogP contribution is 2.15. The Labute approximate surface area is 123 Å². The molecule has 1 aromatic rings. The average Bonchev–Trinajstić information content (AvgIpc) is 3.02. The molecule has 1 atom stereocenters. The van der Waals surface area contributed by atoms with Gasteiger partial charge in [-0.25, -0.2) is 4.98 Å². The summed E-state index contributed by atoms with van der Waals surface area (Å²) >= 11 is 0. The van der Waals surface area contributed by atoms with Crippen molar-refractivity contribution in [1.82, 2.24) is 19.4 Å². The Bertz CT molecular complexity index is 432. The van der Waals surface area contributed by atoms with E-state index in [0.717, 1.165) is 18.8 Å². The van der Waals surface area contributed by atoms with E-state index in [9.17, 15) is 0 Å². The highest BCUT2D eigenvalue weighted by Gasteiger charge is 2.18. The first-order valence-corrected chi connectivity index (χ1v) is 7.90. The van der Waals surface area contributed by atoms with Crippen molar-refractivity contribution >= 4 is 0 Å². The van der Waals surface area contributed by atoms with Crippen molar-refractivity contribution in [2.75, 3.05) is 26.7 Å². The molecule has 0 spiro atoms. The monoisotopic (exact) mass is 278 g/mol. The Morgan fingerprint density at radius 3 is 2.45 bits per heavy atom. The van der Waals surface area contributed by atoms with Gasteiger partial charge in [-0.3, -0.25) is 4.90 Å². The van der Waals surface area contributed by atoms with E-state index >= 15 is 0 Å².